The van der Waals surface area contributed by atoms with Crippen LogP contribution in [0.25, 0.3) is 0 Å². The van der Waals surface area contributed by atoms with Crippen LogP contribution in [0.15, 0.2) is 21.7 Å². The molecule has 1 radical (unpaired) electrons. The average Bonchev–Trinajstić information content (AvgIpc) is 1.77. The molecule has 0 saturated heterocycles. The van der Waals surface area contributed by atoms with Crippen LogP contribution in [0.4, 0.5) is 0 Å². The normalized spacial score (nSPS) is 8.00. The van der Waals surface area contributed by atoms with Crippen molar-refractivity contribution in [3.63, 3.8) is 0 Å². The Bertz CT molecular complexity index is 224. The summed E-state index contributed by atoms with van der Waals surface area (Å²) >= 11 is 0. The maximum atomic E-state index is 10.2. The van der Waals surface area contributed by atoms with Crippen LogP contribution in [0, 0.1) is 0 Å². The van der Waals surface area contributed by atoms with Gasteiger partial charge in [-0.15, -0.1) is 0 Å². The first-order valence-corrected chi connectivity index (χ1v) is 2.07. The van der Waals surface area contributed by atoms with Gasteiger partial charge in [0.25, 0.3) is 11.1 Å². The van der Waals surface area contributed by atoms with Gasteiger partial charge in [-0.25, -0.2) is 0 Å². The van der Waals surface area contributed by atoms with Crippen molar-refractivity contribution in [3.05, 3.63) is 32.8 Å². The van der Waals surface area contributed by atoms with Crippen LogP contribution in [0.5, 0.6) is 0 Å². The molecule has 0 aliphatic carbocycles. The van der Waals surface area contributed by atoms with Gasteiger partial charge in [-0.3, -0.25) is 19.8 Å². The minimum absolute atomic E-state index is 0. The summed E-state index contributed by atoms with van der Waals surface area (Å²) in [7, 11) is 0. The molecule has 0 atom stereocenters. The first-order chi connectivity index (χ1) is 3.79. The molecule has 0 aliphatic rings. The summed E-state index contributed by atoms with van der Waals surface area (Å²) in [6.07, 6.45) is 0. The molecule has 1 aromatic heterocycles. The zero-order valence-electron chi connectivity index (χ0n) is 4.30. The molecule has 0 aromatic carbocycles. The van der Waals surface area contributed by atoms with E-state index in [2.05, 4.69) is 10.2 Å². The Hall–Kier alpha value is -0.814. The molecule has 0 amide bonds. The van der Waals surface area contributed by atoms with Crippen molar-refractivity contribution in [1.29, 1.82) is 0 Å². The van der Waals surface area contributed by atoms with Crippen LogP contribution in [-0.2, 0) is 16.8 Å². The molecule has 5 heteroatoms. The van der Waals surface area contributed by atoms with E-state index in [1.54, 1.807) is 0 Å². The number of hydrogen-bond acceptors (Lipinski definition) is 2. The second-order valence-electron chi connectivity index (χ2n) is 1.31. The van der Waals surface area contributed by atoms with Gasteiger partial charge in [0.05, 0.1) is 0 Å². The Morgan fingerprint density at radius 2 is 1.33 bits per heavy atom. The third-order valence-corrected chi connectivity index (χ3v) is 0.695. The van der Waals surface area contributed by atoms with Gasteiger partial charge in [-0.1, -0.05) is 0 Å². The van der Waals surface area contributed by atoms with Gasteiger partial charge in [0.15, 0.2) is 0 Å². The molecular formula is C4H4CoN2O2. The minimum Gasteiger partial charge on any atom is -0.268 e. The van der Waals surface area contributed by atoms with E-state index in [9.17, 15) is 9.59 Å². The topological polar surface area (TPSA) is 65.7 Å². The molecule has 1 rings (SSSR count). The summed E-state index contributed by atoms with van der Waals surface area (Å²) in [5.41, 5.74) is -0.603. The first-order valence-electron chi connectivity index (χ1n) is 2.07. The van der Waals surface area contributed by atoms with Crippen LogP contribution in [-0.4, -0.2) is 10.2 Å². The number of rotatable bonds is 0. The molecule has 1 aromatic rings. The Labute approximate surface area is 60.5 Å². The Morgan fingerprint density at radius 1 is 1.00 bits per heavy atom. The van der Waals surface area contributed by atoms with Crippen molar-refractivity contribution in [3.8, 4) is 0 Å². The molecule has 0 saturated carbocycles. The second-order valence-corrected chi connectivity index (χ2v) is 1.31. The molecule has 0 unspecified atom stereocenters. The van der Waals surface area contributed by atoms with Gasteiger partial charge in [-0.05, 0) is 0 Å². The van der Waals surface area contributed by atoms with Crippen molar-refractivity contribution in [2.75, 3.05) is 0 Å². The molecule has 9 heavy (non-hydrogen) atoms. The van der Waals surface area contributed by atoms with Crippen LogP contribution in [0.3, 0.4) is 0 Å². The van der Waals surface area contributed by atoms with Crippen molar-refractivity contribution < 1.29 is 16.8 Å². The maximum absolute atomic E-state index is 10.2. The smallest absolute Gasteiger partial charge is 0.262 e. The minimum atomic E-state index is -0.301. The van der Waals surface area contributed by atoms with E-state index in [1.807, 2.05) is 0 Å². The van der Waals surface area contributed by atoms with Gasteiger partial charge in [0, 0.05) is 28.9 Å². The van der Waals surface area contributed by atoms with E-state index in [0.717, 1.165) is 0 Å². The summed E-state index contributed by atoms with van der Waals surface area (Å²) in [5, 5.41) is 4.21. The van der Waals surface area contributed by atoms with Crippen LogP contribution in [0.1, 0.15) is 0 Å². The van der Waals surface area contributed by atoms with Gasteiger partial charge in [0.2, 0.25) is 0 Å². The fourth-order valence-electron chi connectivity index (χ4n) is 0.358. The molecule has 1 heterocycles. The summed E-state index contributed by atoms with van der Waals surface area (Å²) in [5.74, 6) is 0. The molecule has 2 N–H and O–H groups in total. The van der Waals surface area contributed by atoms with E-state index in [-0.39, 0.29) is 27.9 Å². The molecule has 4 nitrogen and oxygen atoms in total. The number of H-pyrrole nitrogens is 2. The van der Waals surface area contributed by atoms with Crippen molar-refractivity contribution in [2.24, 2.45) is 0 Å². The van der Waals surface area contributed by atoms with Gasteiger partial charge in [-0.2, -0.15) is 0 Å². The summed E-state index contributed by atoms with van der Waals surface area (Å²) in [4.78, 5) is 20.4. The van der Waals surface area contributed by atoms with Gasteiger partial charge in [0.1, 0.15) is 0 Å². The molecule has 0 spiro atoms. The number of hydrogen-bond donors (Lipinski definition) is 2. The van der Waals surface area contributed by atoms with Crippen LogP contribution in [0.2, 0.25) is 0 Å². The second kappa shape index (κ2) is 3.26. The Balaban J connectivity index is 0.000000640. The zero-order valence-corrected chi connectivity index (χ0v) is 5.35. The van der Waals surface area contributed by atoms with E-state index in [0.29, 0.717) is 0 Å². The number of aromatic nitrogens is 2. The van der Waals surface area contributed by atoms with E-state index >= 15 is 0 Å². The average molecular weight is 171 g/mol. The third-order valence-electron chi connectivity index (χ3n) is 0.695. The van der Waals surface area contributed by atoms with E-state index in [4.69, 9.17) is 0 Å². The van der Waals surface area contributed by atoms with Crippen LogP contribution < -0.4 is 11.1 Å². The molecule has 0 bridgehead atoms. The molecule has 0 aliphatic heterocycles. The summed E-state index contributed by atoms with van der Waals surface area (Å²) in [6, 6.07) is 2.33. The fourth-order valence-corrected chi connectivity index (χ4v) is 0.358. The van der Waals surface area contributed by atoms with Crippen molar-refractivity contribution >= 4 is 0 Å². The molecular weight excluding hydrogens is 167 g/mol. The van der Waals surface area contributed by atoms with Gasteiger partial charge >= 0.3 is 0 Å². The third kappa shape index (κ3) is 2.29. The predicted octanol–water partition coefficient (Wildman–Crippen LogP) is -0.939. The monoisotopic (exact) mass is 171 g/mol. The van der Waals surface area contributed by atoms with Crippen molar-refractivity contribution in [2.45, 2.75) is 0 Å². The molecule has 0 fully saturated rings. The first kappa shape index (κ1) is 8.19. The molecule has 51 valence electrons. The maximum Gasteiger partial charge on any atom is 0.262 e. The summed E-state index contributed by atoms with van der Waals surface area (Å²) in [6.45, 7) is 0. The number of nitrogens with one attached hydrogen (secondary N) is 2. The predicted molar refractivity (Wildman–Crippen MR) is 27.7 cm³/mol. The fraction of sp³-hybridized carbons (Fsp3) is 0. The van der Waals surface area contributed by atoms with E-state index in [1.165, 1.54) is 12.1 Å². The Kier molecular flexibility index (Phi) is 2.96. The zero-order chi connectivity index (χ0) is 5.98. The quantitative estimate of drug-likeness (QED) is 0.529. The SMILES string of the molecule is O=c1ccc(=O)[nH][nH]1.[Co]. The summed E-state index contributed by atoms with van der Waals surface area (Å²) < 4.78 is 0. The van der Waals surface area contributed by atoms with Crippen LogP contribution >= 0.6 is 0 Å². The van der Waals surface area contributed by atoms with Crippen molar-refractivity contribution in [1.82, 2.24) is 10.2 Å². The van der Waals surface area contributed by atoms with Gasteiger partial charge < -0.3 is 0 Å². The van der Waals surface area contributed by atoms with E-state index < -0.39 is 0 Å². The number of aromatic amines is 2. The Morgan fingerprint density at radius 3 is 1.56 bits per heavy atom. The standard InChI is InChI=1S/C4H4N2O2.Co/c7-3-1-2-4(8)6-5-3;/h1-2H,(H,5,7)(H,6,8);. The largest absolute Gasteiger partial charge is 0.268 e.